The molecule has 0 aliphatic carbocycles. The van der Waals surface area contributed by atoms with Crippen LogP contribution in [0.2, 0.25) is 0 Å². The summed E-state index contributed by atoms with van der Waals surface area (Å²) in [5.41, 5.74) is -3.39. The molecule has 14 heteroatoms. The summed E-state index contributed by atoms with van der Waals surface area (Å²) in [6.07, 6.45) is -10.8. The van der Waals surface area contributed by atoms with Gasteiger partial charge in [-0.3, -0.25) is 10.1 Å². The number of rotatable bonds is 7. The minimum absolute atomic E-state index is 0.0151. The normalized spacial score (nSPS) is 16.8. The predicted octanol–water partition coefficient (Wildman–Crippen LogP) is 7.25. The van der Waals surface area contributed by atoms with Crippen molar-refractivity contribution in [2.45, 2.75) is 44.3 Å². The number of urea groups is 2. The predicted molar refractivity (Wildman–Crippen MR) is 145 cm³/mol. The molecule has 1 aliphatic heterocycles. The van der Waals surface area contributed by atoms with Crippen LogP contribution < -0.4 is 15.0 Å². The number of nitrogens with one attached hydrogen (secondary N) is 1. The molecule has 3 aromatic carbocycles. The number of anilines is 2. The molecule has 1 heterocycles. The highest BCUT2D eigenvalue weighted by Crippen LogP contribution is 2.40. The van der Waals surface area contributed by atoms with Gasteiger partial charge in [-0.15, -0.1) is 0 Å². The number of hydrogen-bond donors (Lipinski definition) is 2. The standard InChI is InChI=1S/C29H28F6N4O4/c1-27(2)24(39(42)25(40)36-21-11-6-9-19(16-21)28(30,31)32)38(22-12-7-10-20(17-22)29(33,34)35)26(41)37(27)15-14-18-8-4-5-13-23(18)43-3/h4-13,16-17,24,42H,14-15H2,1-3H3,(H,36,40)/t24-/m0/s1. The molecule has 2 N–H and O–H groups in total. The minimum atomic E-state index is -4.76. The molecule has 0 bridgehead atoms. The van der Waals surface area contributed by atoms with E-state index in [0.29, 0.717) is 17.9 Å². The molecule has 4 rings (SSSR count). The Morgan fingerprint density at radius 1 is 0.953 bits per heavy atom. The molecule has 1 atom stereocenters. The monoisotopic (exact) mass is 610 g/mol. The van der Waals surface area contributed by atoms with Crippen molar-refractivity contribution in [2.24, 2.45) is 0 Å². The summed E-state index contributed by atoms with van der Waals surface area (Å²) in [6.45, 7) is 3.03. The summed E-state index contributed by atoms with van der Waals surface area (Å²) in [5.74, 6) is 0.544. The van der Waals surface area contributed by atoms with Gasteiger partial charge in [-0.1, -0.05) is 30.3 Å². The van der Waals surface area contributed by atoms with Crippen molar-refractivity contribution in [1.82, 2.24) is 9.96 Å². The number of hydroxylamine groups is 2. The van der Waals surface area contributed by atoms with Gasteiger partial charge in [-0.25, -0.2) is 9.59 Å². The number of amides is 4. The molecule has 3 aromatic rings. The number of nitrogens with zero attached hydrogens (tertiary/aromatic N) is 3. The van der Waals surface area contributed by atoms with E-state index in [1.54, 1.807) is 24.3 Å². The number of benzene rings is 3. The van der Waals surface area contributed by atoms with Crippen LogP contribution in [0.25, 0.3) is 0 Å². The van der Waals surface area contributed by atoms with E-state index in [-0.39, 0.29) is 29.4 Å². The highest BCUT2D eigenvalue weighted by atomic mass is 19.4. The van der Waals surface area contributed by atoms with E-state index in [4.69, 9.17) is 4.74 Å². The van der Waals surface area contributed by atoms with Crippen LogP contribution in [0.5, 0.6) is 5.75 Å². The van der Waals surface area contributed by atoms with Gasteiger partial charge in [0.25, 0.3) is 0 Å². The first-order chi connectivity index (χ1) is 20.1. The van der Waals surface area contributed by atoms with Gasteiger partial charge >= 0.3 is 24.4 Å². The maximum atomic E-state index is 13.9. The van der Waals surface area contributed by atoms with E-state index >= 15 is 0 Å². The van der Waals surface area contributed by atoms with Crippen LogP contribution in [0.3, 0.4) is 0 Å². The molecule has 8 nitrogen and oxygen atoms in total. The van der Waals surface area contributed by atoms with Crippen molar-refractivity contribution >= 4 is 23.4 Å². The molecule has 1 saturated heterocycles. The highest BCUT2D eigenvalue weighted by Gasteiger charge is 2.56. The molecule has 0 unspecified atom stereocenters. The third kappa shape index (κ3) is 6.48. The van der Waals surface area contributed by atoms with Gasteiger partial charge < -0.3 is 15.0 Å². The first-order valence-electron chi connectivity index (χ1n) is 12.9. The Labute approximate surface area is 243 Å². The maximum absolute atomic E-state index is 13.9. The summed E-state index contributed by atoms with van der Waals surface area (Å²) in [4.78, 5) is 29.2. The molecule has 1 aliphatic rings. The first-order valence-corrected chi connectivity index (χ1v) is 12.9. The Morgan fingerprint density at radius 3 is 2.19 bits per heavy atom. The van der Waals surface area contributed by atoms with Crippen LogP contribution in [-0.2, 0) is 18.8 Å². The van der Waals surface area contributed by atoms with Gasteiger partial charge in [0.15, 0.2) is 6.17 Å². The number of carbonyl (C=O) groups is 2. The molecule has 0 saturated carbocycles. The van der Waals surface area contributed by atoms with Crippen LogP contribution in [0.15, 0.2) is 72.8 Å². The van der Waals surface area contributed by atoms with Crippen molar-refractivity contribution in [1.29, 1.82) is 0 Å². The Balaban J connectivity index is 1.71. The third-order valence-corrected chi connectivity index (χ3v) is 7.14. The van der Waals surface area contributed by atoms with Crippen molar-refractivity contribution < 1.29 is 45.9 Å². The lowest BCUT2D eigenvalue weighted by molar-refractivity contribution is -0.138. The largest absolute Gasteiger partial charge is 0.496 e. The van der Waals surface area contributed by atoms with Crippen molar-refractivity contribution in [3.05, 3.63) is 89.5 Å². The molecule has 1 fully saturated rings. The van der Waals surface area contributed by atoms with Gasteiger partial charge in [-0.05, 0) is 68.3 Å². The third-order valence-electron chi connectivity index (χ3n) is 7.14. The van der Waals surface area contributed by atoms with Gasteiger partial charge in [0.05, 0.1) is 23.8 Å². The van der Waals surface area contributed by atoms with Crippen molar-refractivity contribution in [3.8, 4) is 5.75 Å². The second-order valence-electron chi connectivity index (χ2n) is 10.3. The molecule has 4 amide bonds. The fourth-order valence-electron chi connectivity index (χ4n) is 5.02. The average molecular weight is 611 g/mol. The van der Waals surface area contributed by atoms with E-state index in [2.05, 4.69) is 5.32 Å². The topological polar surface area (TPSA) is 85.3 Å². The Hall–Kier alpha value is -4.46. The number of alkyl halides is 6. The zero-order chi connectivity index (χ0) is 31.7. The second-order valence-corrected chi connectivity index (χ2v) is 10.3. The maximum Gasteiger partial charge on any atom is 0.416 e. The molecule has 43 heavy (non-hydrogen) atoms. The minimum Gasteiger partial charge on any atom is -0.496 e. The lowest BCUT2D eigenvalue weighted by atomic mass is 9.98. The number of para-hydroxylation sites is 1. The van der Waals surface area contributed by atoms with Gasteiger partial charge in [-0.2, -0.15) is 31.4 Å². The lowest BCUT2D eigenvalue weighted by Crippen LogP contribution is -2.58. The lowest BCUT2D eigenvalue weighted by Gasteiger charge is -2.38. The summed E-state index contributed by atoms with van der Waals surface area (Å²) in [7, 11) is 1.47. The van der Waals surface area contributed by atoms with Gasteiger partial charge in [0, 0.05) is 17.9 Å². The fraction of sp³-hybridized carbons (Fsp3) is 0.310. The van der Waals surface area contributed by atoms with Crippen LogP contribution in [0.4, 0.5) is 47.3 Å². The first kappa shape index (κ1) is 31.5. The van der Waals surface area contributed by atoms with Crippen LogP contribution in [0.1, 0.15) is 30.5 Å². The van der Waals surface area contributed by atoms with E-state index < -0.39 is 47.2 Å². The molecule has 230 valence electrons. The summed E-state index contributed by atoms with van der Waals surface area (Å²) < 4.78 is 85.6. The SMILES string of the molecule is COc1ccccc1CCN1C(=O)N(c2cccc(C(F)(F)F)c2)[C@@H](N(O)C(=O)Nc2cccc(C(F)(F)F)c2)C1(C)C. The van der Waals surface area contributed by atoms with Crippen LogP contribution in [-0.4, -0.2) is 52.6 Å². The highest BCUT2D eigenvalue weighted by molar-refractivity contribution is 5.98. The van der Waals surface area contributed by atoms with E-state index in [9.17, 15) is 41.1 Å². The molecule has 0 radical (unpaired) electrons. The fourth-order valence-corrected chi connectivity index (χ4v) is 5.02. The Morgan fingerprint density at radius 2 is 1.56 bits per heavy atom. The molecular weight excluding hydrogens is 582 g/mol. The number of ether oxygens (including phenoxy) is 1. The van der Waals surface area contributed by atoms with E-state index in [1.807, 2.05) is 0 Å². The van der Waals surface area contributed by atoms with Gasteiger partial charge in [0.2, 0.25) is 0 Å². The quantitative estimate of drug-likeness (QED) is 0.168. The zero-order valence-corrected chi connectivity index (χ0v) is 23.2. The summed E-state index contributed by atoms with van der Waals surface area (Å²) >= 11 is 0. The Kier molecular flexibility index (Phi) is 8.54. The zero-order valence-electron chi connectivity index (χ0n) is 23.2. The molecular formula is C29H28F6N4O4. The van der Waals surface area contributed by atoms with E-state index in [1.165, 1.54) is 31.9 Å². The van der Waals surface area contributed by atoms with Crippen molar-refractivity contribution in [3.63, 3.8) is 0 Å². The summed E-state index contributed by atoms with van der Waals surface area (Å²) in [5, 5.41) is 13.4. The Bertz CT molecular complexity index is 1490. The number of halogens is 6. The van der Waals surface area contributed by atoms with E-state index in [0.717, 1.165) is 40.8 Å². The molecule has 0 spiro atoms. The number of methoxy groups -OCH3 is 1. The van der Waals surface area contributed by atoms with Crippen LogP contribution in [0, 0.1) is 0 Å². The second kappa shape index (κ2) is 11.7. The average Bonchev–Trinajstić information content (AvgIpc) is 3.14. The number of carbonyl (C=O) groups excluding carboxylic acids is 2. The van der Waals surface area contributed by atoms with Gasteiger partial charge in [0.1, 0.15) is 5.75 Å². The van der Waals surface area contributed by atoms with Crippen LogP contribution >= 0.6 is 0 Å². The summed E-state index contributed by atoms with van der Waals surface area (Å²) in [6, 6.07) is 12.4. The number of hydrogen-bond acceptors (Lipinski definition) is 4. The molecule has 0 aromatic heterocycles. The van der Waals surface area contributed by atoms with Crippen molar-refractivity contribution in [2.75, 3.05) is 23.9 Å². The smallest absolute Gasteiger partial charge is 0.416 e.